The number of hydrogen-bond donors (Lipinski definition) is 1. The molecule has 0 saturated carbocycles. The second-order valence-electron chi connectivity index (χ2n) is 5.44. The average Bonchev–Trinajstić information content (AvgIpc) is 2.98. The highest BCUT2D eigenvalue weighted by atomic mass is 35.5. The van der Waals surface area contributed by atoms with Crippen LogP contribution in [0, 0.1) is 6.92 Å². The van der Waals surface area contributed by atoms with Gasteiger partial charge >= 0.3 is 0 Å². The largest absolute Gasteiger partial charge is 0.336 e. The zero-order chi connectivity index (χ0) is 18.2. The molecule has 0 aliphatic rings. The Hall–Kier alpha value is -1.57. The van der Waals surface area contributed by atoms with E-state index in [4.69, 9.17) is 11.6 Å². The van der Waals surface area contributed by atoms with Crippen LogP contribution in [0.1, 0.15) is 17.1 Å². The Morgan fingerprint density at radius 3 is 2.80 bits per heavy atom. The van der Waals surface area contributed by atoms with E-state index in [-0.39, 0.29) is 18.4 Å². The first-order valence-corrected chi connectivity index (χ1v) is 10.1. The second-order valence-corrected chi connectivity index (χ2v) is 8.01. The van der Waals surface area contributed by atoms with Crippen molar-refractivity contribution >= 4 is 52.2 Å². The van der Waals surface area contributed by atoms with Crippen LogP contribution in [-0.2, 0) is 15.3 Å². The summed E-state index contributed by atoms with van der Waals surface area (Å²) in [6.45, 7) is 1.98. The minimum absolute atomic E-state index is 0.00000396. The number of aromatic nitrogens is 1. The van der Waals surface area contributed by atoms with E-state index in [0.29, 0.717) is 22.9 Å². The van der Waals surface area contributed by atoms with Crippen molar-refractivity contribution in [2.45, 2.75) is 19.1 Å². The molecule has 2 amide bonds. The number of aryl methyl sites for hydroxylation is 1. The molecule has 1 heterocycles. The smallest absolute Gasteiger partial charge is 0.244 e. The van der Waals surface area contributed by atoms with Gasteiger partial charge in [0.25, 0.3) is 0 Å². The van der Waals surface area contributed by atoms with Crippen LogP contribution in [0.3, 0.4) is 0 Å². The van der Waals surface area contributed by atoms with E-state index in [2.05, 4.69) is 10.3 Å². The molecule has 25 heavy (non-hydrogen) atoms. The van der Waals surface area contributed by atoms with Gasteiger partial charge in [-0.1, -0.05) is 23.7 Å². The lowest BCUT2D eigenvalue weighted by Crippen LogP contribution is -2.35. The van der Waals surface area contributed by atoms with Gasteiger partial charge in [-0.3, -0.25) is 9.59 Å². The minimum atomic E-state index is -0.269. The zero-order valence-electron chi connectivity index (χ0n) is 14.1. The Balaban J connectivity index is 1.68. The third-order valence-electron chi connectivity index (χ3n) is 3.33. The van der Waals surface area contributed by atoms with Crippen molar-refractivity contribution in [1.82, 2.24) is 9.88 Å². The van der Waals surface area contributed by atoms with E-state index in [1.807, 2.05) is 12.3 Å². The summed E-state index contributed by atoms with van der Waals surface area (Å²) in [6, 6.07) is 7.00. The molecule has 2 rings (SSSR count). The average molecular weight is 398 g/mol. The predicted molar refractivity (Wildman–Crippen MR) is 105 cm³/mol. The Bertz CT molecular complexity index is 736. The molecule has 1 N–H and O–H groups in total. The van der Waals surface area contributed by atoms with Crippen molar-refractivity contribution in [3.05, 3.63) is 45.4 Å². The van der Waals surface area contributed by atoms with Crippen LogP contribution < -0.4 is 5.32 Å². The molecule has 0 spiro atoms. The maximum atomic E-state index is 12.1. The quantitative estimate of drug-likeness (QED) is 0.687. The van der Waals surface area contributed by atoms with Gasteiger partial charge in [-0.05, 0) is 19.1 Å². The fourth-order valence-electron chi connectivity index (χ4n) is 2.06. The molecular formula is C17H20ClN3O2S2. The molecule has 0 bridgehead atoms. The van der Waals surface area contributed by atoms with Gasteiger partial charge in [0.05, 0.1) is 28.0 Å². The van der Waals surface area contributed by atoms with Gasteiger partial charge in [0.2, 0.25) is 11.8 Å². The lowest BCUT2D eigenvalue weighted by Gasteiger charge is -2.17. The van der Waals surface area contributed by atoms with Gasteiger partial charge in [0.1, 0.15) is 0 Å². The van der Waals surface area contributed by atoms with E-state index in [1.165, 1.54) is 4.90 Å². The van der Waals surface area contributed by atoms with Crippen molar-refractivity contribution in [2.24, 2.45) is 0 Å². The standard InChI is InChI=1S/C17H20ClN3O2S2/c1-12-19-13(11-25-12)10-24-8-7-17(23)21(2)9-16(22)20-15-6-4-3-5-14(15)18/h3-6,11H,7-10H2,1-2H3,(H,20,22). The maximum Gasteiger partial charge on any atom is 0.244 e. The van der Waals surface area contributed by atoms with Gasteiger partial charge < -0.3 is 10.2 Å². The highest BCUT2D eigenvalue weighted by molar-refractivity contribution is 7.98. The summed E-state index contributed by atoms with van der Waals surface area (Å²) in [7, 11) is 1.63. The van der Waals surface area contributed by atoms with Crippen LogP contribution in [0.15, 0.2) is 29.6 Å². The SMILES string of the molecule is Cc1nc(CSCCC(=O)N(C)CC(=O)Nc2ccccc2Cl)cs1. The van der Waals surface area contributed by atoms with Crippen molar-refractivity contribution in [3.63, 3.8) is 0 Å². The number of nitrogens with zero attached hydrogens (tertiary/aromatic N) is 2. The summed E-state index contributed by atoms with van der Waals surface area (Å²) in [4.78, 5) is 29.9. The first kappa shape index (κ1) is 19.8. The minimum Gasteiger partial charge on any atom is -0.336 e. The van der Waals surface area contributed by atoms with E-state index in [0.717, 1.165) is 16.5 Å². The van der Waals surface area contributed by atoms with Gasteiger partial charge in [0, 0.05) is 30.4 Å². The topological polar surface area (TPSA) is 62.3 Å². The maximum absolute atomic E-state index is 12.1. The lowest BCUT2D eigenvalue weighted by molar-refractivity contribution is -0.132. The number of halogens is 1. The van der Waals surface area contributed by atoms with E-state index >= 15 is 0 Å². The van der Waals surface area contributed by atoms with Gasteiger partial charge in [-0.2, -0.15) is 11.8 Å². The molecule has 0 unspecified atom stereocenters. The molecule has 0 saturated heterocycles. The Kier molecular flexibility index (Phi) is 7.74. The molecule has 8 heteroatoms. The van der Waals surface area contributed by atoms with Crippen molar-refractivity contribution < 1.29 is 9.59 Å². The first-order valence-electron chi connectivity index (χ1n) is 7.73. The monoisotopic (exact) mass is 397 g/mol. The normalized spacial score (nSPS) is 10.5. The molecule has 2 aromatic rings. The molecule has 0 atom stereocenters. The number of para-hydroxylation sites is 1. The molecule has 0 fully saturated rings. The fourth-order valence-corrected chi connectivity index (χ4v) is 3.78. The third kappa shape index (κ3) is 6.68. The number of rotatable bonds is 8. The summed E-state index contributed by atoms with van der Waals surface area (Å²) in [5.74, 6) is 1.17. The number of nitrogens with one attached hydrogen (secondary N) is 1. The number of carbonyl (C=O) groups is 2. The first-order chi connectivity index (χ1) is 12.0. The summed E-state index contributed by atoms with van der Waals surface area (Å²) >= 11 is 9.30. The van der Waals surface area contributed by atoms with Crippen LogP contribution >= 0.6 is 34.7 Å². The van der Waals surface area contributed by atoms with Crippen LogP contribution in [0.25, 0.3) is 0 Å². The lowest BCUT2D eigenvalue weighted by atomic mass is 10.3. The van der Waals surface area contributed by atoms with Crippen molar-refractivity contribution in [2.75, 3.05) is 24.7 Å². The summed E-state index contributed by atoms with van der Waals surface area (Å²) < 4.78 is 0. The highest BCUT2D eigenvalue weighted by Crippen LogP contribution is 2.20. The number of benzene rings is 1. The van der Waals surface area contributed by atoms with E-state index in [1.54, 1.807) is 54.4 Å². The highest BCUT2D eigenvalue weighted by Gasteiger charge is 2.13. The Morgan fingerprint density at radius 2 is 2.12 bits per heavy atom. The van der Waals surface area contributed by atoms with E-state index < -0.39 is 0 Å². The van der Waals surface area contributed by atoms with Crippen LogP contribution in [0.5, 0.6) is 0 Å². The number of hydrogen-bond acceptors (Lipinski definition) is 5. The van der Waals surface area contributed by atoms with Crippen molar-refractivity contribution in [3.8, 4) is 0 Å². The molecule has 134 valence electrons. The molecular weight excluding hydrogens is 378 g/mol. The predicted octanol–water partition coefficient (Wildman–Crippen LogP) is 3.83. The fraction of sp³-hybridized carbons (Fsp3) is 0.353. The number of thioether (sulfide) groups is 1. The molecule has 0 radical (unpaired) electrons. The molecule has 1 aromatic heterocycles. The number of thiazole rings is 1. The van der Waals surface area contributed by atoms with Crippen LogP contribution in [-0.4, -0.2) is 41.0 Å². The van der Waals surface area contributed by atoms with Gasteiger partial charge in [-0.15, -0.1) is 11.3 Å². The Morgan fingerprint density at radius 1 is 1.36 bits per heavy atom. The number of carbonyl (C=O) groups excluding carboxylic acids is 2. The molecule has 0 aliphatic heterocycles. The number of likely N-dealkylation sites (N-methyl/N-ethyl adjacent to an activating group) is 1. The van der Waals surface area contributed by atoms with E-state index in [9.17, 15) is 9.59 Å². The van der Waals surface area contributed by atoms with Crippen LogP contribution in [0.2, 0.25) is 5.02 Å². The second kappa shape index (κ2) is 9.79. The molecule has 5 nitrogen and oxygen atoms in total. The van der Waals surface area contributed by atoms with Gasteiger partial charge in [0.15, 0.2) is 0 Å². The van der Waals surface area contributed by atoms with Gasteiger partial charge in [-0.25, -0.2) is 4.98 Å². The molecule has 0 aliphatic carbocycles. The zero-order valence-corrected chi connectivity index (χ0v) is 16.5. The van der Waals surface area contributed by atoms with Crippen LogP contribution in [0.4, 0.5) is 5.69 Å². The summed E-state index contributed by atoms with van der Waals surface area (Å²) in [5, 5.41) is 6.27. The molecule has 1 aromatic carbocycles. The Labute approximate surface area is 160 Å². The summed E-state index contributed by atoms with van der Waals surface area (Å²) in [6.07, 6.45) is 0.393. The number of anilines is 1. The summed E-state index contributed by atoms with van der Waals surface area (Å²) in [5.41, 5.74) is 1.59. The van der Waals surface area contributed by atoms with Crippen molar-refractivity contribution in [1.29, 1.82) is 0 Å². The third-order valence-corrected chi connectivity index (χ3v) is 5.48. The number of amides is 2.